The fraction of sp³-hybridized carbons (Fsp3) is 0.500. The molecule has 3 nitrogen and oxygen atoms in total. The van der Waals surface area contributed by atoms with Crippen LogP contribution in [0, 0.1) is 0 Å². The van der Waals surface area contributed by atoms with Gasteiger partial charge in [-0.25, -0.2) is 9.29 Å². The predicted molar refractivity (Wildman–Crippen MR) is 69.4 cm³/mol. The van der Waals surface area contributed by atoms with E-state index in [4.69, 9.17) is 11.6 Å². The Balaban J connectivity index is 1.86. The van der Waals surface area contributed by atoms with Crippen molar-refractivity contribution in [3.05, 3.63) is 16.7 Å². The molecule has 3 heterocycles. The molecule has 6 heteroatoms. The highest BCUT2D eigenvalue weighted by Gasteiger charge is 2.17. The van der Waals surface area contributed by atoms with E-state index in [0.29, 0.717) is 5.15 Å². The van der Waals surface area contributed by atoms with Crippen molar-refractivity contribution in [2.75, 3.05) is 13.1 Å². The first-order chi connectivity index (χ1) is 7.84. The van der Waals surface area contributed by atoms with Crippen LogP contribution in [-0.4, -0.2) is 26.8 Å². The molecule has 0 N–H and O–H groups in total. The van der Waals surface area contributed by atoms with Crippen LogP contribution in [0.15, 0.2) is 16.6 Å². The predicted octanol–water partition coefficient (Wildman–Crippen LogP) is 3.54. The zero-order valence-corrected chi connectivity index (χ0v) is 11.1. The summed E-state index contributed by atoms with van der Waals surface area (Å²) < 4.78 is 4.46. The van der Waals surface area contributed by atoms with Gasteiger partial charge in [0.05, 0.1) is 0 Å². The molecule has 1 aliphatic heterocycles. The SMILES string of the molecule is Clc1nc2sccn2c1SN1CCCCC1. The molecule has 1 fully saturated rings. The highest BCUT2D eigenvalue weighted by atomic mass is 35.5. The van der Waals surface area contributed by atoms with Gasteiger partial charge in [-0.2, -0.15) is 0 Å². The van der Waals surface area contributed by atoms with E-state index in [2.05, 4.69) is 13.7 Å². The molecule has 0 amide bonds. The van der Waals surface area contributed by atoms with Crippen LogP contribution < -0.4 is 0 Å². The Morgan fingerprint density at radius 3 is 2.94 bits per heavy atom. The summed E-state index contributed by atoms with van der Waals surface area (Å²) in [5, 5.41) is 3.72. The molecule has 2 aromatic rings. The van der Waals surface area contributed by atoms with Crippen molar-refractivity contribution < 1.29 is 0 Å². The Labute approximate surface area is 108 Å². The van der Waals surface area contributed by atoms with E-state index < -0.39 is 0 Å². The lowest BCUT2D eigenvalue weighted by Gasteiger charge is -2.24. The van der Waals surface area contributed by atoms with Gasteiger partial charge in [-0.15, -0.1) is 11.3 Å². The summed E-state index contributed by atoms with van der Waals surface area (Å²) in [6.45, 7) is 2.30. The molecule has 0 bridgehead atoms. The number of hydrogen-bond donors (Lipinski definition) is 0. The van der Waals surface area contributed by atoms with Gasteiger partial charge in [0, 0.05) is 24.7 Å². The molecule has 0 aliphatic carbocycles. The molecule has 1 saturated heterocycles. The summed E-state index contributed by atoms with van der Waals surface area (Å²) in [5.74, 6) is 0. The third-order valence-electron chi connectivity index (χ3n) is 2.71. The molecule has 3 rings (SSSR count). The Kier molecular flexibility index (Phi) is 3.11. The van der Waals surface area contributed by atoms with Gasteiger partial charge in [0.1, 0.15) is 5.03 Å². The Morgan fingerprint density at radius 2 is 2.12 bits per heavy atom. The van der Waals surface area contributed by atoms with Gasteiger partial charge in [-0.05, 0) is 24.8 Å². The van der Waals surface area contributed by atoms with Crippen LogP contribution in [0.4, 0.5) is 0 Å². The minimum atomic E-state index is 0.627. The third-order valence-corrected chi connectivity index (χ3v) is 5.03. The van der Waals surface area contributed by atoms with Crippen molar-refractivity contribution >= 4 is 39.8 Å². The second-order valence-electron chi connectivity index (χ2n) is 3.84. The molecule has 2 aromatic heterocycles. The summed E-state index contributed by atoms with van der Waals surface area (Å²) in [7, 11) is 0. The molecule has 0 spiro atoms. The normalized spacial score (nSPS) is 18.3. The Hall–Kier alpha value is -0.230. The third kappa shape index (κ3) is 1.97. The molecule has 86 valence electrons. The molecule has 0 atom stereocenters. The van der Waals surface area contributed by atoms with E-state index in [0.717, 1.165) is 23.1 Å². The van der Waals surface area contributed by atoms with Crippen LogP contribution in [0.2, 0.25) is 5.15 Å². The number of imidazole rings is 1. The molecular formula is C10H12ClN3S2. The highest BCUT2D eigenvalue weighted by Crippen LogP contribution is 2.33. The molecule has 0 aromatic carbocycles. The van der Waals surface area contributed by atoms with Crippen LogP contribution in [0.25, 0.3) is 4.96 Å². The van der Waals surface area contributed by atoms with E-state index >= 15 is 0 Å². The molecule has 0 saturated carbocycles. The average molecular weight is 274 g/mol. The van der Waals surface area contributed by atoms with Crippen molar-refractivity contribution in [2.45, 2.75) is 24.3 Å². The van der Waals surface area contributed by atoms with Crippen molar-refractivity contribution in [1.82, 2.24) is 13.7 Å². The number of halogens is 1. The van der Waals surface area contributed by atoms with Crippen LogP contribution in [0.5, 0.6) is 0 Å². The molecule has 0 unspecified atom stereocenters. The number of nitrogens with zero attached hydrogens (tertiary/aromatic N) is 3. The van der Waals surface area contributed by atoms with Crippen LogP contribution >= 0.6 is 34.9 Å². The van der Waals surface area contributed by atoms with Gasteiger partial charge in [-0.1, -0.05) is 18.0 Å². The summed E-state index contributed by atoms with van der Waals surface area (Å²) >= 11 is 9.52. The Bertz CT molecular complexity index is 487. The fourth-order valence-corrected chi connectivity index (χ4v) is 4.04. The van der Waals surface area contributed by atoms with Crippen molar-refractivity contribution in [3.8, 4) is 0 Å². The summed E-state index contributed by atoms with van der Waals surface area (Å²) in [6, 6.07) is 0. The lowest BCUT2D eigenvalue weighted by molar-refractivity contribution is 0.380. The molecular weight excluding hydrogens is 262 g/mol. The van der Waals surface area contributed by atoms with E-state index in [9.17, 15) is 0 Å². The highest BCUT2D eigenvalue weighted by molar-refractivity contribution is 7.97. The van der Waals surface area contributed by atoms with Gasteiger partial charge in [0.25, 0.3) is 0 Å². The number of piperidine rings is 1. The first-order valence-electron chi connectivity index (χ1n) is 5.38. The maximum Gasteiger partial charge on any atom is 0.196 e. The van der Waals surface area contributed by atoms with Gasteiger partial charge >= 0.3 is 0 Å². The molecule has 16 heavy (non-hydrogen) atoms. The van der Waals surface area contributed by atoms with E-state index in [-0.39, 0.29) is 0 Å². The van der Waals surface area contributed by atoms with Crippen LogP contribution in [0.1, 0.15) is 19.3 Å². The topological polar surface area (TPSA) is 20.5 Å². The van der Waals surface area contributed by atoms with Crippen molar-refractivity contribution in [1.29, 1.82) is 0 Å². The van der Waals surface area contributed by atoms with Gasteiger partial charge in [0.2, 0.25) is 0 Å². The summed E-state index contributed by atoms with van der Waals surface area (Å²) in [4.78, 5) is 5.31. The largest absolute Gasteiger partial charge is 0.283 e. The quantitative estimate of drug-likeness (QED) is 0.781. The second kappa shape index (κ2) is 4.56. The number of fused-ring (bicyclic) bond motifs is 1. The maximum atomic E-state index is 6.16. The Morgan fingerprint density at radius 1 is 1.31 bits per heavy atom. The molecule has 0 radical (unpaired) electrons. The van der Waals surface area contributed by atoms with Gasteiger partial charge < -0.3 is 0 Å². The van der Waals surface area contributed by atoms with E-state index in [1.54, 1.807) is 23.3 Å². The average Bonchev–Trinajstić information content (AvgIpc) is 2.84. The summed E-state index contributed by atoms with van der Waals surface area (Å²) in [6.07, 6.45) is 5.96. The number of thiazole rings is 1. The zero-order valence-electron chi connectivity index (χ0n) is 8.73. The lowest BCUT2D eigenvalue weighted by Crippen LogP contribution is -2.23. The molecule has 1 aliphatic rings. The smallest absolute Gasteiger partial charge is 0.196 e. The second-order valence-corrected chi connectivity index (χ2v) is 6.16. The first kappa shape index (κ1) is 10.9. The van der Waals surface area contributed by atoms with E-state index in [1.165, 1.54) is 19.3 Å². The van der Waals surface area contributed by atoms with Gasteiger partial charge in [-0.3, -0.25) is 4.40 Å². The maximum absolute atomic E-state index is 6.16. The van der Waals surface area contributed by atoms with Crippen molar-refractivity contribution in [3.63, 3.8) is 0 Å². The van der Waals surface area contributed by atoms with Crippen LogP contribution in [-0.2, 0) is 0 Å². The monoisotopic (exact) mass is 273 g/mol. The standard InChI is InChI=1S/C10H12ClN3S2/c11-8-9(14-6-7-15-10(14)12-8)16-13-4-2-1-3-5-13/h6-7H,1-5H2. The number of rotatable bonds is 2. The van der Waals surface area contributed by atoms with E-state index in [1.807, 2.05) is 11.6 Å². The minimum absolute atomic E-state index is 0.627. The number of aromatic nitrogens is 2. The minimum Gasteiger partial charge on any atom is -0.283 e. The first-order valence-corrected chi connectivity index (χ1v) is 7.41. The zero-order chi connectivity index (χ0) is 11.0. The van der Waals surface area contributed by atoms with Crippen LogP contribution in [0.3, 0.4) is 0 Å². The lowest BCUT2D eigenvalue weighted by atomic mass is 10.2. The van der Waals surface area contributed by atoms with Crippen molar-refractivity contribution in [2.24, 2.45) is 0 Å². The number of hydrogen-bond acceptors (Lipinski definition) is 4. The fourth-order valence-electron chi connectivity index (χ4n) is 1.90. The van der Waals surface area contributed by atoms with Gasteiger partial charge in [0.15, 0.2) is 10.1 Å². The summed E-state index contributed by atoms with van der Waals surface area (Å²) in [5.41, 5.74) is 0.